The van der Waals surface area contributed by atoms with Crippen LogP contribution in [0, 0.1) is 5.82 Å². The highest BCUT2D eigenvalue weighted by Crippen LogP contribution is 2.18. The van der Waals surface area contributed by atoms with Gasteiger partial charge in [-0.25, -0.2) is 9.07 Å². The second-order valence-corrected chi connectivity index (χ2v) is 7.88. The van der Waals surface area contributed by atoms with Gasteiger partial charge in [0.05, 0.1) is 5.56 Å². The number of benzene rings is 3. The molecule has 1 heterocycles. The SMILES string of the molecule is CCN(CC)c1ccc(C(=O)Nn2cc(C(=O)Nc3ccc(F)cc3)c3ccccc3c2=O)cc1. The lowest BCUT2D eigenvalue weighted by Gasteiger charge is -2.21. The number of aromatic nitrogens is 1. The molecule has 3 aromatic carbocycles. The molecular weight excluding hydrogens is 447 g/mol. The van der Waals surface area contributed by atoms with Crippen LogP contribution in [0.5, 0.6) is 0 Å². The summed E-state index contributed by atoms with van der Waals surface area (Å²) in [5.74, 6) is -1.41. The molecule has 2 N–H and O–H groups in total. The number of nitrogens with zero attached hydrogens (tertiary/aromatic N) is 2. The number of pyridine rings is 1. The van der Waals surface area contributed by atoms with Crippen LogP contribution in [0.15, 0.2) is 83.8 Å². The number of carbonyl (C=O) groups is 2. The molecule has 0 aliphatic rings. The predicted octanol–water partition coefficient (Wildman–Crippen LogP) is 4.62. The largest absolute Gasteiger partial charge is 0.372 e. The van der Waals surface area contributed by atoms with Gasteiger partial charge >= 0.3 is 0 Å². The maximum absolute atomic E-state index is 13.2. The number of hydrogen-bond donors (Lipinski definition) is 2. The molecule has 7 nitrogen and oxygen atoms in total. The van der Waals surface area contributed by atoms with Crippen LogP contribution >= 0.6 is 0 Å². The third kappa shape index (κ3) is 5.06. The zero-order valence-electron chi connectivity index (χ0n) is 19.4. The smallest absolute Gasteiger partial charge is 0.277 e. The third-order valence-corrected chi connectivity index (χ3v) is 5.75. The fourth-order valence-corrected chi connectivity index (χ4v) is 3.87. The molecule has 0 unspecified atom stereocenters. The van der Waals surface area contributed by atoms with Gasteiger partial charge in [-0.2, -0.15) is 0 Å². The van der Waals surface area contributed by atoms with Crippen LogP contribution < -0.4 is 21.2 Å². The number of anilines is 2. The van der Waals surface area contributed by atoms with Gasteiger partial charge in [-0.15, -0.1) is 0 Å². The Kier molecular flexibility index (Phi) is 6.91. The number of carbonyl (C=O) groups excluding carboxylic acids is 2. The lowest BCUT2D eigenvalue weighted by Crippen LogP contribution is -2.34. The van der Waals surface area contributed by atoms with E-state index in [0.717, 1.165) is 23.5 Å². The van der Waals surface area contributed by atoms with Crippen molar-refractivity contribution in [1.29, 1.82) is 0 Å². The van der Waals surface area contributed by atoms with Crippen LogP contribution in [0.3, 0.4) is 0 Å². The summed E-state index contributed by atoms with van der Waals surface area (Å²) in [6, 6.07) is 19.1. The quantitative estimate of drug-likeness (QED) is 0.411. The second kappa shape index (κ2) is 10.2. The summed E-state index contributed by atoms with van der Waals surface area (Å²) in [5, 5.41) is 3.41. The number of hydrogen-bond acceptors (Lipinski definition) is 4. The fourth-order valence-electron chi connectivity index (χ4n) is 3.87. The Labute approximate surface area is 201 Å². The summed E-state index contributed by atoms with van der Waals surface area (Å²) in [5.41, 5.74) is 4.07. The predicted molar refractivity (Wildman–Crippen MR) is 136 cm³/mol. The van der Waals surface area contributed by atoms with Gasteiger partial charge in [0.2, 0.25) is 0 Å². The summed E-state index contributed by atoms with van der Waals surface area (Å²) in [6.07, 6.45) is 1.30. The molecule has 178 valence electrons. The number of fused-ring (bicyclic) bond motifs is 1. The zero-order valence-corrected chi connectivity index (χ0v) is 19.4. The zero-order chi connectivity index (χ0) is 24.9. The summed E-state index contributed by atoms with van der Waals surface area (Å²) >= 11 is 0. The minimum absolute atomic E-state index is 0.182. The molecule has 0 spiro atoms. The molecule has 2 amide bonds. The van der Waals surface area contributed by atoms with E-state index < -0.39 is 23.2 Å². The molecule has 0 radical (unpaired) electrons. The summed E-state index contributed by atoms with van der Waals surface area (Å²) in [6.45, 7) is 5.80. The van der Waals surface area contributed by atoms with Gasteiger partial charge in [0.1, 0.15) is 5.82 Å². The molecule has 4 rings (SSSR count). The first kappa shape index (κ1) is 23.7. The van der Waals surface area contributed by atoms with Crippen molar-refractivity contribution in [3.8, 4) is 0 Å². The van der Waals surface area contributed by atoms with Crippen LogP contribution in [0.25, 0.3) is 10.8 Å². The van der Waals surface area contributed by atoms with Crippen LogP contribution in [0.1, 0.15) is 34.6 Å². The average molecular weight is 473 g/mol. The summed E-state index contributed by atoms with van der Waals surface area (Å²) in [4.78, 5) is 41.2. The Balaban J connectivity index is 1.65. The lowest BCUT2D eigenvalue weighted by molar-refractivity contribution is 0.0999. The first-order valence-corrected chi connectivity index (χ1v) is 11.3. The van der Waals surface area contributed by atoms with E-state index >= 15 is 0 Å². The van der Waals surface area contributed by atoms with Gasteiger partial charge in [0, 0.05) is 47.0 Å². The first-order valence-electron chi connectivity index (χ1n) is 11.3. The monoisotopic (exact) mass is 472 g/mol. The van der Waals surface area contributed by atoms with Crippen molar-refractivity contribution in [2.45, 2.75) is 13.8 Å². The fraction of sp³-hybridized carbons (Fsp3) is 0.148. The van der Waals surface area contributed by atoms with Gasteiger partial charge in [-0.3, -0.25) is 19.8 Å². The normalized spacial score (nSPS) is 10.7. The van der Waals surface area contributed by atoms with E-state index in [1.807, 2.05) is 12.1 Å². The number of rotatable bonds is 7. The van der Waals surface area contributed by atoms with E-state index in [1.165, 1.54) is 30.5 Å². The maximum atomic E-state index is 13.2. The molecule has 0 saturated heterocycles. The molecular formula is C27H25FN4O3. The summed E-state index contributed by atoms with van der Waals surface area (Å²) in [7, 11) is 0. The minimum atomic E-state index is -0.501. The van der Waals surface area contributed by atoms with Crippen molar-refractivity contribution in [3.05, 3.63) is 106 Å². The Morgan fingerprint density at radius 3 is 2.11 bits per heavy atom. The number of nitrogens with one attached hydrogen (secondary N) is 2. The highest BCUT2D eigenvalue weighted by molar-refractivity contribution is 6.12. The van der Waals surface area contributed by atoms with Crippen LogP contribution in [0.4, 0.5) is 15.8 Å². The molecule has 0 aliphatic carbocycles. The molecule has 0 saturated carbocycles. The Morgan fingerprint density at radius 1 is 0.857 bits per heavy atom. The van der Waals surface area contributed by atoms with Crippen LogP contribution in [0.2, 0.25) is 0 Å². The molecule has 8 heteroatoms. The second-order valence-electron chi connectivity index (χ2n) is 7.88. The van der Waals surface area contributed by atoms with Gasteiger partial charge in [-0.1, -0.05) is 18.2 Å². The molecule has 0 aliphatic heterocycles. The van der Waals surface area contributed by atoms with Crippen molar-refractivity contribution >= 4 is 34.0 Å². The molecule has 35 heavy (non-hydrogen) atoms. The van der Waals surface area contributed by atoms with E-state index in [1.54, 1.807) is 36.4 Å². The molecule has 4 aromatic rings. The molecule has 1 aromatic heterocycles. The van der Waals surface area contributed by atoms with Gasteiger partial charge in [0.25, 0.3) is 17.4 Å². The van der Waals surface area contributed by atoms with E-state index in [-0.39, 0.29) is 10.9 Å². The Morgan fingerprint density at radius 2 is 1.49 bits per heavy atom. The van der Waals surface area contributed by atoms with Gasteiger partial charge in [-0.05, 0) is 68.4 Å². The number of halogens is 1. The molecule has 0 atom stereocenters. The lowest BCUT2D eigenvalue weighted by atomic mass is 10.1. The van der Waals surface area contributed by atoms with Gasteiger partial charge < -0.3 is 10.2 Å². The standard InChI is InChI=1S/C27H25FN4O3/c1-3-31(4-2)21-15-9-18(10-16-21)25(33)30-32-17-24(22-7-5-6-8-23(22)27(32)35)26(34)29-20-13-11-19(28)12-14-20/h5-17H,3-4H2,1-2H3,(H,29,34)(H,30,33). The molecule has 0 bridgehead atoms. The van der Waals surface area contributed by atoms with Crippen molar-refractivity contribution in [1.82, 2.24) is 4.68 Å². The topological polar surface area (TPSA) is 83.4 Å². The van der Waals surface area contributed by atoms with Gasteiger partial charge in [0.15, 0.2) is 0 Å². The third-order valence-electron chi connectivity index (χ3n) is 5.75. The Bertz CT molecular complexity index is 1430. The highest BCUT2D eigenvalue weighted by atomic mass is 19.1. The summed E-state index contributed by atoms with van der Waals surface area (Å²) < 4.78 is 14.2. The van der Waals surface area contributed by atoms with Crippen LogP contribution in [-0.2, 0) is 0 Å². The molecule has 0 fully saturated rings. The van der Waals surface area contributed by atoms with E-state index in [9.17, 15) is 18.8 Å². The van der Waals surface area contributed by atoms with Crippen molar-refractivity contribution in [3.63, 3.8) is 0 Å². The van der Waals surface area contributed by atoms with E-state index in [4.69, 9.17) is 0 Å². The Hall–Kier alpha value is -4.46. The maximum Gasteiger partial charge on any atom is 0.277 e. The van der Waals surface area contributed by atoms with E-state index in [0.29, 0.717) is 16.6 Å². The average Bonchev–Trinajstić information content (AvgIpc) is 2.88. The van der Waals surface area contributed by atoms with E-state index in [2.05, 4.69) is 29.5 Å². The van der Waals surface area contributed by atoms with Crippen molar-refractivity contribution in [2.24, 2.45) is 0 Å². The van der Waals surface area contributed by atoms with Crippen LogP contribution in [-0.4, -0.2) is 29.6 Å². The van der Waals surface area contributed by atoms with Crippen molar-refractivity contribution in [2.75, 3.05) is 28.7 Å². The minimum Gasteiger partial charge on any atom is -0.372 e. The van der Waals surface area contributed by atoms with Crippen molar-refractivity contribution < 1.29 is 14.0 Å². The highest BCUT2D eigenvalue weighted by Gasteiger charge is 2.17. The first-order chi connectivity index (χ1) is 16.9. The number of amides is 2.